The van der Waals surface area contributed by atoms with Gasteiger partial charge in [-0.1, -0.05) is 48.5 Å². The predicted molar refractivity (Wildman–Crippen MR) is 80.5 cm³/mol. The van der Waals surface area contributed by atoms with Crippen molar-refractivity contribution in [3.63, 3.8) is 0 Å². The summed E-state index contributed by atoms with van der Waals surface area (Å²) in [6.45, 7) is 0.809. The zero-order chi connectivity index (χ0) is 13.9. The van der Waals surface area contributed by atoms with Gasteiger partial charge in [0.05, 0.1) is 17.6 Å². The molecule has 2 N–H and O–H groups in total. The van der Waals surface area contributed by atoms with E-state index in [1.165, 1.54) is 4.68 Å². The Labute approximate surface area is 116 Å². The van der Waals surface area contributed by atoms with Gasteiger partial charge in [0.2, 0.25) is 0 Å². The van der Waals surface area contributed by atoms with Gasteiger partial charge in [-0.05, 0) is 6.07 Å². The summed E-state index contributed by atoms with van der Waals surface area (Å²) in [4.78, 5) is 12.3. The smallest absolute Gasteiger partial charge is 0.274 e. The van der Waals surface area contributed by atoms with Crippen molar-refractivity contribution in [2.75, 3.05) is 6.54 Å². The van der Waals surface area contributed by atoms with Gasteiger partial charge >= 0.3 is 0 Å². The number of aromatic nitrogens is 2. The summed E-state index contributed by atoms with van der Waals surface area (Å²) in [5, 5.41) is 6.03. The van der Waals surface area contributed by atoms with Crippen LogP contribution in [0.3, 0.4) is 0 Å². The summed E-state index contributed by atoms with van der Waals surface area (Å²) in [5.74, 6) is 0. The summed E-state index contributed by atoms with van der Waals surface area (Å²) in [6, 6.07) is 17.4. The van der Waals surface area contributed by atoms with Crippen LogP contribution in [0.15, 0.2) is 59.4 Å². The van der Waals surface area contributed by atoms with Crippen LogP contribution >= 0.6 is 0 Å². The first-order chi connectivity index (χ1) is 9.81. The highest BCUT2D eigenvalue weighted by Gasteiger charge is 2.11. The molecular formula is C16H15N3O. The average molecular weight is 265 g/mol. The zero-order valence-electron chi connectivity index (χ0n) is 11.0. The summed E-state index contributed by atoms with van der Waals surface area (Å²) in [7, 11) is 0. The molecule has 3 aromatic rings. The minimum Gasteiger partial charge on any atom is -0.329 e. The lowest BCUT2D eigenvalue weighted by molar-refractivity contribution is 0.596. The average Bonchev–Trinajstić information content (AvgIpc) is 2.51. The molecule has 1 heterocycles. The first-order valence-electron chi connectivity index (χ1n) is 6.56. The second-order valence-corrected chi connectivity index (χ2v) is 4.58. The Bertz CT molecular complexity index is 794. The molecule has 0 radical (unpaired) electrons. The van der Waals surface area contributed by atoms with Crippen LogP contribution in [0.2, 0.25) is 0 Å². The Balaban J connectivity index is 2.36. The molecular weight excluding hydrogens is 250 g/mol. The highest BCUT2D eigenvalue weighted by Crippen LogP contribution is 2.23. The van der Waals surface area contributed by atoms with Gasteiger partial charge in [-0.3, -0.25) is 4.79 Å². The molecule has 2 aromatic carbocycles. The van der Waals surface area contributed by atoms with Gasteiger partial charge in [-0.15, -0.1) is 0 Å². The lowest BCUT2D eigenvalue weighted by atomic mass is 10.1. The van der Waals surface area contributed by atoms with Gasteiger partial charge in [0.15, 0.2) is 0 Å². The number of nitrogens with zero attached hydrogens (tertiary/aromatic N) is 2. The van der Waals surface area contributed by atoms with Crippen LogP contribution in [0, 0.1) is 0 Å². The van der Waals surface area contributed by atoms with Crippen molar-refractivity contribution < 1.29 is 0 Å². The van der Waals surface area contributed by atoms with Gasteiger partial charge < -0.3 is 5.73 Å². The Morgan fingerprint density at radius 2 is 1.60 bits per heavy atom. The first kappa shape index (κ1) is 12.6. The van der Waals surface area contributed by atoms with E-state index in [1.54, 1.807) is 0 Å². The van der Waals surface area contributed by atoms with E-state index >= 15 is 0 Å². The van der Waals surface area contributed by atoms with Gasteiger partial charge in [-0.2, -0.15) is 5.10 Å². The van der Waals surface area contributed by atoms with Crippen molar-refractivity contribution >= 4 is 10.8 Å². The molecule has 0 aliphatic rings. The Morgan fingerprint density at radius 3 is 2.30 bits per heavy atom. The van der Waals surface area contributed by atoms with E-state index < -0.39 is 0 Å². The monoisotopic (exact) mass is 265 g/mol. The van der Waals surface area contributed by atoms with Crippen LogP contribution in [-0.2, 0) is 6.54 Å². The van der Waals surface area contributed by atoms with Crippen molar-refractivity contribution in [3.05, 3.63) is 65.0 Å². The van der Waals surface area contributed by atoms with Crippen molar-refractivity contribution in [2.45, 2.75) is 6.54 Å². The zero-order valence-corrected chi connectivity index (χ0v) is 11.0. The van der Waals surface area contributed by atoms with Crippen LogP contribution in [0.25, 0.3) is 22.0 Å². The predicted octanol–water partition coefficient (Wildman–Crippen LogP) is 2.02. The summed E-state index contributed by atoms with van der Waals surface area (Å²) >= 11 is 0. The molecule has 0 atom stereocenters. The minimum atomic E-state index is -0.0919. The maximum atomic E-state index is 12.3. The molecule has 0 amide bonds. The van der Waals surface area contributed by atoms with E-state index in [0.29, 0.717) is 18.5 Å². The lowest BCUT2D eigenvalue weighted by Gasteiger charge is -2.10. The molecule has 0 bridgehead atoms. The molecule has 0 unspecified atom stereocenters. The van der Waals surface area contributed by atoms with Crippen LogP contribution in [0.1, 0.15) is 0 Å². The number of nitrogens with two attached hydrogens (primary N) is 1. The quantitative estimate of drug-likeness (QED) is 0.788. The van der Waals surface area contributed by atoms with Gasteiger partial charge in [0.1, 0.15) is 0 Å². The van der Waals surface area contributed by atoms with Crippen LogP contribution in [0.4, 0.5) is 0 Å². The third-order valence-electron chi connectivity index (χ3n) is 3.26. The number of benzene rings is 2. The Morgan fingerprint density at radius 1 is 0.950 bits per heavy atom. The molecule has 0 saturated carbocycles. The number of rotatable bonds is 3. The lowest BCUT2D eigenvalue weighted by Crippen LogP contribution is -2.27. The fourth-order valence-corrected chi connectivity index (χ4v) is 2.32. The molecule has 100 valence electrons. The van der Waals surface area contributed by atoms with E-state index in [0.717, 1.165) is 16.6 Å². The molecule has 4 heteroatoms. The van der Waals surface area contributed by atoms with E-state index in [4.69, 9.17) is 5.73 Å². The first-order valence-corrected chi connectivity index (χ1v) is 6.56. The number of hydrogen-bond acceptors (Lipinski definition) is 3. The normalized spacial score (nSPS) is 10.8. The Kier molecular flexibility index (Phi) is 3.31. The fraction of sp³-hybridized carbons (Fsp3) is 0.125. The van der Waals surface area contributed by atoms with E-state index in [1.807, 2.05) is 54.6 Å². The maximum absolute atomic E-state index is 12.3. The molecule has 4 nitrogen and oxygen atoms in total. The fourth-order valence-electron chi connectivity index (χ4n) is 2.32. The van der Waals surface area contributed by atoms with Crippen molar-refractivity contribution in [1.29, 1.82) is 0 Å². The highest BCUT2D eigenvalue weighted by atomic mass is 16.1. The molecule has 0 fully saturated rings. The van der Waals surface area contributed by atoms with Crippen LogP contribution in [-0.4, -0.2) is 16.3 Å². The molecule has 3 rings (SSSR count). The SMILES string of the molecule is NCCn1nc(-c2ccccc2)c2ccccc2c1=O. The second kappa shape index (κ2) is 5.27. The number of hydrogen-bond donors (Lipinski definition) is 1. The maximum Gasteiger partial charge on any atom is 0.274 e. The van der Waals surface area contributed by atoms with Crippen molar-refractivity contribution in [1.82, 2.24) is 9.78 Å². The van der Waals surface area contributed by atoms with Crippen molar-refractivity contribution in [3.8, 4) is 11.3 Å². The summed E-state index contributed by atoms with van der Waals surface area (Å²) in [5.41, 5.74) is 7.28. The van der Waals surface area contributed by atoms with E-state index in [-0.39, 0.29) is 5.56 Å². The highest BCUT2D eigenvalue weighted by molar-refractivity contribution is 5.93. The second-order valence-electron chi connectivity index (χ2n) is 4.58. The standard InChI is InChI=1S/C16H15N3O/c17-10-11-19-16(20)14-9-5-4-8-13(14)15(18-19)12-6-2-1-3-7-12/h1-9H,10-11,17H2. The van der Waals surface area contributed by atoms with Crippen LogP contribution < -0.4 is 11.3 Å². The van der Waals surface area contributed by atoms with E-state index in [9.17, 15) is 4.79 Å². The van der Waals surface area contributed by atoms with Gasteiger partial charge in [-0.25, -0.2) is 4.68 Å². The summed E-state index contributed by atoms with van der Waals surface area (Å²) < 4.78 is 1.45. The third-order valence-corrected chi connectivity index (χ3v) is 3.26. The molecule has 0 saturated heterocycles. The third kappa shape index (κ3) is 2.10. The van der Waals surface area contributed by atoms with Gasteiger partial charge in [0, 0.05) is 17.5 Å². The van der Waals surface area contributed by atoms with Gasteiger partial charge in [0.25, 0.3) is 5.56 Å². The summed E-state index contributed by atoms with van der Waals surface area (Å²) in [6.07, 6.45) is 0. The molecule has 1 aromatic heterocycles. The Hall–Kier alpha value is -2.46. The largest absolute Gasteiger partial charge is 0.329 e. The molecule has 0 aliphatic heterocycles. The van der Waals surface area contributed by atoms with Crippen LogP contribution in [0.5, 0.6) is 0 Å². The topological polar surface area (TPSA) is 60.9 Å². The van der Waals surface area contributed by atoms with Crippen molar-refractivity contribution in [2.24, 2.45) is 5.73 Å². The molecule has 0 aliphatic carbocycles. The van der Waals surface area contributed by atoms with E-state index in [2.05, 4.69) is 5.10 Å². The minimum absolute atomic E-state index is 0.0919. The molecule has 0 spiro atoms. The molecule has 20 heavy (non-hydrogen) atoms. The number of fused-ring (bicyclic) bond motifs is 1.